The second kappa shape index (κ2) is 8.92. The Morgan fingerprint density at radius 2 is 1.48 bits per heavy atom. The molecule has 2 aromatic carbocycles. The van der Waals surface area contributed by atoms with E-state index in [0.29, 0.717) is 5.75 Å². The Labute approximate surface area is 157 Å². The predicted octanol–water partition coefficient (Wildman–Crippen LogP) is 2.12. The zero-order chi connectivity index (χ0) is 20.0. The van der Waals surface area contributed by atoms with Gasteiger partial charge < -0.3 is 9.64 Å². The average Bonchev–Trinajstić information content (AvgIpc) is 2.63. The number of halogens is 2. The quantitative estimate of drug-likeness (QED) is 0.683. The summed E-state index contributed by atoms with van der Waals surface area (Å²) in [5, 5.41) is 0. The van der Waals surface area contributed by atoms with Crippen molar-refractivity contribution in [2.75, 3.05) is 33.8 Å². The minimum atomic E-state index is -3.90. The van der Waals surface area contributed by atoms with Gasteiger partial charge in [0.15, 0.2) is 0 Å². The van der Waals surface area contributed by atoms with Crippen molar-refractivity contribution >= 4 is 15.9 Å². The summed E-state index contributed by atoms with van der Waals surface area (Å²) in [7, 11) is -1.10. The molecule has 2 aromatic rings. The van der Waals surface area contributed by atoms with Crippen molar-refractivity contribution in [1.82, 2.24) is 9.21 Å². The second-order valence-corrected chi connectivity index (χ2v) is 7.88. The fraction of sp³-hybridized carbons (Fsp3) is 0.278. The van der Waals surface area contributed by atoms with Crippen LogP contribution in [0.2, 0.25) is 0 Å². The summed E-state index contributed by atoms with van der Waals surface area (Å²) in [6, 6.07) is 9.85. The van der Waals surface area contributed by atoms with Crippen molar-refractivity contribution in [1.29, 1.82) is 0 Å². The van der Waals surface area contributed by atoms with Crippen molar-refractivity contribution in [3.05, 3.63) is 60.2 Å². The summed E-state index contributed by atoms with van der Waals surface area (Å²) >= 11 is 0. The third-order valence-electron chi connectivity index (χ3n) is 3.81. The molecule has 2 rings (SSSR count). The van der Waals surface area contributed by atoms with E-state index in [0.717, 1.165) is 28.6 Å². The lowest BCUT2D eigenvalue weighted by atomic mass is 10.3. The van der Waals surface area contributed by atoms with Crippen LogP contribution >= 0.6 is 0 Å². The predicted molar refractivity (Wildman–Crippen MR) is 95.7 cm³/mol. The Kier molecular flexibility index (Phi) is 6.86. The Bertz CT molecular complexity index is 871. The van der Waals surface area contributed by atoms with Crippen molar-refractivity contribution < 1.29 is 26.7 Å². The maximum Gasteiger partial charge on any atom is 0.243 e. The van der Waals surface area contributed by atoms with Crippen LogP contribution in [0.25, 0.3) is 0 Å². The molecule has 0 bridgehead atoms. The molecular formula is C18H20F2N2O4S. The first kappa shape index (κ1) is 20.8. The summed E-state index contributed by atoms with van der Waals surface area (Å²) in [6.07, 6.45) is 0. The molecule has 0 unspecified atom stereocenters. The summed E-state index contributed by atoms with van der Waals surface area (Å²) in [5.41, 5.74) is 0. The lowest BCUT2D eigenvalue weighted by molar-refractivity contribution is -0.130. The minimum Gasteiger partial charge on any atom is -0.492 e. The van der Waals surface area contributed by atoms with Gasteiger partial charge in [-0.05, 0) is 48.5 Å². The monoisotopic (exact) mass is 398 g/mol. The molecule has 0 radical (unpaired) electrons. The molecule has 0 heterocycles. The Morgan fingerprint density at radius 3 is 2.04 bits per heavy atom. The van der Waals surface area contributed by atoms with Gasteiger partial charge in [0, 0.05) is 14.1 Å². The average molecular weight is 398 g/mol. The van der Waals surface area contributed by atoms with Crippen molar-refractivity contribution in [3.63, 3.8) is 0 Å². The Balaban J connectivity index is 1.87. The highest BCUT2D eigenvalue weighted by Crippen LogP contribution is 2.15. The molecule has 1 amide bonds. The van der Waals surface area contributed by atoms with E-state index >= 15 is 0 Å². The second-order valence-electron chi connectivity index (χ2n) is 5.83. The van der Waals surface area contributed by atoms with Crippen LogP contribution in [-0.4, -0.2) is 57.3 Å². The van der Waals surface area contributed by atoms with Gasteiger partial charge in [-0.3, -0.25) is 4.79 Å². The Morgan fingerprint density at radius 1 is 0.963 bits per heavy atom. The van der Waals surface area contributed by atoms with Crippen LogP contribution in [0.1, 0.15) is 0 Å². The van der Waals surface area contributed by atoms with Gasteiger partial charge in [-0.1, -0.05) is 0 Å². The maximum absolute atomic E-state index is 13.0. The summed E-state index contributed by atoms with van der Waals surface area (Å²) in [5.74, 6) is -0.882. The number of carbonyl (C=O) groups excluding carboxylic acids is 1. The van der Waals surface area contributed by atoms with Gasteiger partial charge in [0.05, 0.1) is 18.0 Å². The maximum atomic E-state index is 13.0. The van der Waals surface area contributed by atoms with E-state index in [4.69, 9.17) is 4.74 Å². The molecule has 0 aliphatic heterocycles. The standard InChI is InChI=1S/C18H20F2N2O4S/c1-21(11-12-26-16-7-3-14(19)4-8-16)18(23)13-22(2)27(24,25)17-9-5-15(20)6-10-17/h3-10H,11-13H2,1-2H3. The van der Waals surface area contributed by atoms with Gasteiger partial charge in [-0.15, -0.1) is 0 Å². The molecule has 0 aliphatic carbocycles. The summed E-state index contributed by atoms with van der Waals surface area (Å²) < 4.78 is 56.9. The molecule has 0 saturated carbocycles. The fourth-order valence-corrected chi connectivity index (χ4v) is 3.26. The van der Waals surface area contributed by atoms with Crippen molar-refractivity contribution in [3.8, 4) is 5.75 Å². The minimum absolute atomic E-state index is 0.0958. The van der Waals surface area contributed by atoms with Gasteiger partial charge in [0.2, 0.25) is 15.9 Å². The van der Waals surface area contributed by atoms with Crippen LogP contribution in [0, 0.1) is 11.6 Å². The molecule has 0 fully saturated rings. The lowest BCUT2D eigenvalue weighted by Crippen LogP contribution is -2.40. The van der Waals surface area contributed by atoms with Crippen LogP contribution in [0.4, 0.5) is 8.78 Å². The SMILES string of the molecule is CN(CCOc1ccc(F)cc1)C(=O)CN(C)S(=O)(=O)c1ccc(F)cc1. The first-order valence-corrected chi connectivity index (χ1v) is 9.48. The zero-order valence-corrected chi connectivity index (χ0v) is 15.7. The molecule has 0 spiro atoms. The number of sulfonamides is 1. The Hall–Kier alpha value is -2.52. The number of rotatable bonds is 8. The number of ether oxygens (including phenoxy) is 1. The molecule has 0 N–H and O–H groups in total. The van der Waals surface area contributed by atoms with E-state index in [-0.39, 0.29) is 30.4 Å². The van der Waals surface area contributed by atoms with E-state index in [1.54, 1.807) is 0 Å². The number of benzene rings is 2. The van der Waals surface area contributed by atoms with Crippen molar-refractivity contribution in [2.45, 2.75) is 4.90 Å². The van der Waals surface area contributed by atoms with Gasteiger partial charge >= 0.3 is 0 Å². The van der Waals surface area contributed by atoms with E-state index in [1.807, 2.05) is 0 Å². The number of carbonyl (C=O) groups is 1. The third-order valence-corrected chi connectivity index (χ3v) is 5.63. The van der Waals surface area contributed by atoms with Crippen LogP contribution in [-0.2, 0) is 14.8 Å². The highest BCUT2D eigenvalue weighted by atomic mass is 32.2. The van der Waals surface area contributed by atoms with E-state index in [9.17, 15) is 22.0 Å². The molecule has 146 valence electrons. The van der Waals surface area contributed by atoms with Crippen molar-refractivity contribution in [2.24, 2.45) is 0 Å². The highest BCUT2D eigenvalue weighted by Gasteiger charge is 2.24. The lowest BCUT2D eigenvalue weighted by Gasteiger charge is -2.22. The van der Waals surface area contributed by atoms with E-state index in [1.165, 1.54) is 43.3 Å². The number of hydrogen-bond donors (Lipinski definition) is 0. The van der Waals surface area contributed by atoms with Gasteiger partial charge in [-0.25, -0.2) is 17.2 Å². The smallest absolute Gasteiger partial charge is 0.243 e. The van der Waals surface area contributed by atoms with Gasteiger partial charge in [-0.2, -0.15) is 4.31 Å². The molecular weight excluding hydrogens is 378 g/mol. The van der Waals surface area contributed by atoms with Gasteiger partial charge in [0.25, 0.3) is 0 Å². The van der Waals surface area contributed by atoms with Crippen LogP contribution < -0.4 is 4.74 Å². The number of hydrogen-bond acceptors (Lipinski definition) is 4. The molecule has 9 heteroatoms. The number of nitrogens with zero attached hydrogens (tertiary/aromatic N) is 2. The first-order chi connectivity index (χ1) is 12.7. The molecule has 0 atom stereocenters. The first-order valence-electron chi connectivity index (χ1n) is 8.04. The third kappa shape index (κ3) is 5.73. The topological polar surface area (TPSA) is 66.9 Å². The largest absolute Gasteiger partial charge is 0.492 e. The molecule has 0 aliphatic rings. The number of amides is 1. The molecule has 6 nitrogen and oxygen atoms in total. The van der Waals surface area contributed by atoms with Gasteiger partial charge in [0.1, 0.15) is 24.0 Å². The highest BCUT2D eigenvalue weighted by molar-refractivity contribution is 7.89. The normalized spacial score (nSPS) is 11.4. The fourth-order valence-electron chi connectivity index (χ4n) is 2.14. The summed E-state index contributed by atoms with van der Waals surface area (Å²) in [6.45, 7) is 0.0235. The molecule has 27 heavy (non-hydrogen) atoms. The molecule has 0 aromatic heterocycles. The summed E-state index contributed by atoms with van der Waals surface area (Å²) in [4.78, 5) is 13.5. The van der Waals surface area contributed by atoms with Crippen LogP contribution in [0.5, 0.6) is 5.75 Å². The van der Waals surface area contributed by atoms with E-state index < -0.39 is 21.7 Å². The van der Waals surface area contributed by atoms with Crippen LogP contribution in [0.3, 0.4) is 0 Å². The van der Waals surface area contributed by atoms with Crippen LogP contribution in [0.15, 0.2) is 53.4 Å². The molecule has 0 saturated heterocycles. The zero-order valence-electron chi connectivity index (χ0n) is 14.9. The number of likely N-dealkylation sites (N-methyl/N-ethyl adjacent to an activating group) is 2. The van der Waals surface area contributed by atoms with E-state index in [2.05, 4.69) is 0 Å².